The van der Waals surface area contributed by atoms with Gasteiger partial charge >= 0.3 is 5.97 Å². The van der Waals surface area contributed by atoms with Crippen molar-refractivity contribution in [1.82, 2.24) is 10.6 Å². The topological polar surface area (TPSA) is 67.4 Å². The van der Waals surface area contributed by atoms with Gasteiger partial charge in [-0.25, -0.2) is 0 Å². The van der Waals surface area contributed by atoms with Gasteiger partial charge in [0.15, 0.2) is 0 Å². The summed E-state index contributed by atoms with van der Waals surface area (Å²) in [5.41, 5.74) is 0. The van der Waals surface area contributed by atoms with Crippen molar-refractivity contribution in [3.63, 3.8) is 0 Å². The lowest BCUT2D eigenvalue weighted by molar-refractivity contribution is -0.142. The van der Waals surface area contributed by atoms with Crippen molar-refractivity contribution in [2.75, 3.05) is 20.2 Å². The normalized spacial score (nSPS) is 21.9. The average Bonchev–Trinajstić information content (AvgIpc) is 2.45. The maximum atomic E-state index is 12.4. The number of rotatable bonds is 6. The van der Waals surface area contributed by atoms with Gasteiger partial charge in [0.25, 0.3) is 0 Å². The van der Waals surface area contributed by atoms with Crippen LogP contribution in [0.3, 0.4) is 0 Å². The highest BCUT2D eigenvalue weighted by Crippen LogP contribution is 2.28. The van der Waals surface area contributed by atoms with Crippen LogP contribution in [0, 0.1) is 17.8 Å². The lowest BCUT2D eigenvalue weighted by atomic mass is 9.82. The van der Waals surface area contributed by atoms with E-state index >= 15 is 0 Å². The van der Waals surface area contributed by atoms with Gasteiger partial charge in [0.05, 0.1) is 13.5 Å². The maximum absolute atomic E-state index is 12.4. The van der Waals surface area contributed by atoms with Crippen LogP contribution >= 0.6 is 12.4 Å². The van der Waals surface area contributed by atoms with E-state index in [1.807, 2.05) is 6.92 Å². The molecule has 0 spiro atoms. The summed E-state index contributed by atoms with van der Waals surface area (Å²) in [6.45, 7) is 3.82. The van der Waals surface area contributed by atoms with Gasteiger partial charge in [-0.3, -0.25) is 9.59 Å². The van der Waals surface area contributed by atoms with Crippen LogP contribution in [0.15, 0.2) is 0 Å². The van der Waals surface area contributed by atoms with Crippen molar-refractivity contribution in [2.45, 2.75) is 51.5 Å². The fourth-order valence-electron chi connectivity index (χ4n) is 3.33. The molecule has 2 fully saturated rings. The Balaban J connectivity index is 0.00000242. The van der Waals surface area contributed by atoms with Crippen LogP contribution in [0.1, 0.15) is 45.4 Å². The van der Waals surface area contributed by atoms with Gasteiger partial charge in [0.1, 0.15) is 0 Å². The predicted molar refractivity (Wildman–Crippen MR) is 87.9 cm³/mol. The van der Waals surface area contributed by atoms with Crippen molar-refractivity contribution in [2.24, 2.45) is 17.8 Å². The van der Waals surface area contributed by atoms with Crippen molar-refractivity contribution < 1.29 is 14.3 Å². The van der Waals surface area contributed by atoms with E-state index in [0.29, 0.717) is 18.3 Å². The summed E-state index contributed by atoms with van der Waals surface area (Å²) in [5, 5.41) is 6.33. The summed E-state index contributed by atoms with van der Waals surface area (Å²) < 4.78 is 4.79. The van der Waals surface area contributed by atoms with Gasteiger partial charge in [-0.15, -0.1) is 12.4 Å². The third-order valence-corrected chi connectivity index (χ3v) is 5.09. The van der Waals surface area contributed by atoms with Crippen LogP contribution in [0.2, 0.25) is 0 Å². The van der Waals surface area contributed by atoms with Crippen LogP contribution in [0.5, 0.6) is 0 Å². The second-order valence-corrected chi connectivity index (χ2v) is 6.50. The van der Waals surface area contributed by atoms with Gasteiger partial charge in [-0.2, -0.15) is 0 Å². The number of hydrogen-bond donors (Lipinski definition) is 2. The number of hydrogen-bond acceptors (Lipinski definition) is 4. The monoisotopic (exact) mass is 332 g/mol. The van der Waals surface area contributed by atoms with Crippen molar-refractivity contribution in [1.29, 1.82) is 0 Å². The Labute approximate surface area is 139 Å². The van der Waals surface area contributed by atoms with Crippen LogP contribution in [-0.4, -0.2) is 38.1 Å². The molecule has 0 aromatic heterocycles. The molecular weight excluding hydrogens is 304 g/mol. The molecule has 0 aromatic carbocycles. The lowest BCUT2D eigenvalue weighted by Crippen LogP contribution is -2.52. The highest BCUT2D eigenvalue weighted by Gasteiger charge is 2.32. The average molecular weight is 333 g/mol. The van der Waals surface area contributed by atoms with Gasteiger partial charge in [-0.1, -0.05) is 26.2 Å². The van der Waals surface area contributed by atoms with E-state index in [0.717, 1.165) is 25.9 Å². The highest BCUT2D eigenvalue weighted by atomic mass is 35.5. The first-order valence-corrected chi connectivity index (χ1v) is 8.19. The standard InChI is InChI=1S/C16H28N2O3.ClH/c1-11(13-9-17-10-13)16(20)18-14(8-15(19)21-2)12-6-4-3-5-7-12;/h11-14,17H,3-10H2,1-2H3,(H,18,20);1H. The molecule has 2 rings (SSSR count). The summed E-state index contributed by atoms with van der Waals surface area (Å²) in [7, 11) is 1.41. The smallest absolute Gasteiger partial charge is 0.307 e. The molecule has 1 heterocycles. The number of nitrogens with one attached hydrogen (secondary N) is 2. The largest absolute Gasteiger partial charge is 0.469 e. The Bertz CT molecular complexity index is 368. The number of carbonyl (C=O) groups excluding carboxylic acids is 2. The Morgan fingerprint density at radius 3 is 2.32 bits per heavy atom. The minimum atomic E-state index is -0.233. The predicted octanol–water partition coefficient (Wildman–Crippen LogP) is 1.89. The summed E-state index contributed by atoms with van der Waals surface area (Å²) in [4.78, 5) is 24.0. The van der Waals surface area contributed by atoms with Crippen LogP contribution in [0.4, 0.5) is 0 Å². The van der Waals surface area contributed by atoms with Gasteiger partial charge in [0.2, 0.25) is 5.91 Å². The molecule has 6 heteroatoms. The molecule has 1 aliphatic heterocycles. The minimum Gasteiger partial charge on any atom is -0.469 e. The number of methoxy groups -OCH3 is 1. The molecule has 5 nitrogen and oxygen atoms in total. The van der Waals surface area contributed by atoms with E-state index in [1.54, 1.807) is 0 Å². The fraction of sp³-hybridized carbons (Fsp3) is 0.875. The first-order valence-electron chi connectivity index (χ1n) is 8.19. The molecule has 2 unspecified atom stereocenters. The summed E-state index contributed by atoms with van der Waals surface area (Å²) >= 11 is 0. The lowest BCUT2D eigenvalue weighted by Gasteiger charge is -2.35. The molecule has 128 valence electrons. The molecule has 0 aromatic rings. The minimum absolute atomic E-state index is 0. The Kier molecular flexibility index (Phi) is 8.18. The summed E-state index contributed by atoms with van der Waals surface area (Å²) in [5.74, 6) is 0.698. The number of amides is 1. The summed E-state index contributed by atoms with van der Waals surface area (Å²) in [6.07, 6.45) is 6.14. The second-order valence-electron chi connectivity index (χ2n) is 6.50. The molecule has 1 saturated carbocycles. The van der Waals surface area contributed by atoms with Crippen molar-refractivity contribution >= 4 is 24.3 Å². The van der Waals surface area contributed by atoms with E-state index < -0.39 is 0 Å². The molecule has 2 atom stereocenters. The quantitative estimate of drug-likeness (QED) is 0.729. The first-order chi connectivity index (χ1) is 10.1. The third kappa shape index (κ3) is 5.13. The van der Waals surface area contributed by atoms with Gasteiger partial charge in [0, 0.05) is 12.0 Å². The SMILES string of the molecule is COC(=O)CC(NC(=O)C(C)C1CNC1)C1CCCCC1.Cl. The van der Waals surface area contributed by atoms with E-state index in [9.17, 15) is 9.59 Å². The van der Waals surface area contributed by atoms with E-state index in [-0.39, 0.29) is 36.2 Å². The van der Waals surface area contributed by atoms with Gasteiger partial charge < -0.3 is 15.4 Å². The zero-order valence-corrected chi connectivity index (χ0v) is 14.4. The maximum Gasteiger partial charge on any atom is 0.307 e. The Morgan fingerprint density at radius 2 is 1.82 bits per heavy atom. The first kappa shape index (κ1) is 19.2. The molecule has 22 heavy (non-hydrogen) atoms. The highest BCUT2D eigenvalue weighted by molar-refractivity contribution is 5.85. The number of carbonyl (C=O) groups is 2. The molecule has 2 N–H and O–H groups in total. The molecule has 1 saturated heterocycles. The molecule has 1 aliphatic carbocycles. The van der Waals surface area contributed by atoms with E-state index in [4.69, 9.17) is 4.74 Å². The molecule has 1 amide bonds. The van der Waals surface area contributed by atoms with Gasteiger partial charge in [-0.05, 0) is 37.8 Å². The number of ether oxygens (including phenoxy) is 1. The number of halogens is 1. The summed E-state index contributed by atoms with van der Waals surface area (Å²) in [6, 6.07) is -0.0688. The molecule has 2 aliphatic rings. The van der Waals surface area contributed by atoms with Crippen LogP contribution in [-0.2, 0) is 14.3 Å². The fourth-order valence-corrected chi connectivity index (χ4v) is 3.33. The second kappa shape index (κ2) is 9.36. The zero-order chi connectivity index (χ0) is 15.2. The number of esters is 1. The van der Waals surface area contributed by atoms with Crippen LogP contribution < -0.4 is 10.6 Å². The van der Waals surface area contributed by atoms with Crippen molar-refractivity contribution in [3.8, 4) is 0 Å². The molecule has 0 radical (unpaired) electrons. The van der Waals surface area contributed by atoms with E-state index in [1.165, 1.54) is 26.4 Å². The molecular formula is C16H29ClN2O3. The van der Waals surface area contributed by atoms with Crippen molar-refractivity contribution in [3.05, 3.63) is 0 Å². The molecule has 0 bridgehead atoms. The zero-order valence-electron chi connectivity index (χ0n) is 13.6. The Morgan fingerprint density at radius 1 is 1.18 bits per heavy atom. The Hall–Kier alpha value is -0.810. The van der Waals surface area contributed by atoms with Crippen LogP contribution in [0.25, 0.3) is 0 Å². The van der Waals surface area contributed by atoms with E-state index in [2.05, 4.69) is 10.6 Å². The third-order valence-electron chi connectivity index (χ3n) is 5.09.